The molecule has 0 aliphatic carbocycles. The molecule has 3 saturated heterocycles. The molecule has 3 aliphatic heterocycles. The predicted octanol–water partition coefficient (Wildman–Crippen LogP) is 1.32. The first kappa shape index (κ1) is 30.4. The van der Waals surface area contributed by atoms with Crippen LogP contribution < -0.4 is 0 Å². The van der Waals surface area contributed by atoms with Gasteiger partial charge in [-0.25, -0.2) is 0 Å². The summed E-state index contributed by atoms with van der Waals surface area (Å²) in [6.45, 7) is 12.6. The van der Waals surface area contributed by atoms with Crippen LogP contribution in [-0.2, 0) is 28.5 Å². The van der Waals surface area contributed by atoms with Crippen LogP contribution in [0.2, 0.25) is 0 Å². The fourth-order valence-electron chi connectivity index (χ4n) is 5.49. The van der Waals surface area contributed by atoms with Crippen molar-refractivity contribution in [3.05, 3.63) is 12.2 Å². The maximum Gasteiger partial charge on any atom is 0.305 e. The van der Waals surface area contributed by atoms with Gasteiger partial charge in [0.2, 0.25) is 0 Å². The second-order valence-corrected chi connectivity index (χ2v) is 11.8. The van der Waals surface area contributed by atoms with Crippen LogP contribution in [-0.4, -0.2) is 102 Å². The highest BCUT2D eigenvalue weighted by atomic mass is 16.7. The summed E-state index contributed by atoms with van der Waals surface area (Å²) in [5.74, 6) is -1.87. The molecule has 3 fully saturated rings. The number of aliphatic hydroxyl groups excluding tert-OH is 4. The Labute approximate surface area is 219 Å². The van der Waals surface area contributed by atoms with Gasteiger partial charge in [0.15, 0.2) is 5.79 Å². The summed E-state index contributed by atoms with van der Waals surface area (Å²) in [5, 5.41) is 41.7. The lowest BCUT2D eigenvalue weighted by molar-refractivity contribution is -0.307. The third-order valence-electron chi connectivity index (χ3n) is 8.09. The first-order chi connectivity index (χ1) is 17.3. The fraction of sp³-hybridized carbons (Fsp3) is 0.889. The Balaban J connectivity index is 1.62. The molecule has 1 unspecified atom stereocenters. The third kappa shape index (κ3) is 7.30. The molecule has 37 heavy (non-hydrogen) atoms. The van der Waals surface area contributed by atoms with Crippen molar-refractivity contribution < 1.29 is 48.9 Å². The number of hydrogen-bond donors (Lipinski definition) is 4. The van der Waals surface area contributed by atoms with E-state index in [2.05, 4.69) is 6.58 Å². The summed E-state index contributed by atoms with van der Waals surface area (Å²) < 4.78 is 29.0. The number of esters is 1. The van der Waals surface area contributed by atoms with E-state index in [9.17, 15) is 25.2 Å². The van der Waals surface area contributed by atoms with Gasteiger partial charge in [-0.1, -0.05) is 34.3 Å². The normalized spacial score (nSPS) is 36.7. The molecule has 0 aromatic rings. The van der Waals surface area contributed by atoms with Crippen molar-refractivity contribution in [2.45, 2.75) is 108 Å². The van der Waals surface area contributed by atoms with Crippen LogP contribution in [0.5, 0.6) is 0 Å². The molecule has 3 rings (SSSR count). The van der Waals surface area contributed by atoms with Gasteiger partial charge < -0.3 is 44.1 Å². The maximum atomic E-state index is 11.8. The molecule has 214 valence electrons. The summed E-state index contributed by atoms with van der Waals surface area (Å²) >= 11 is 0. The summed E-state index contributed by atoms with van der Waals surface area (Å²) in [7, 11) is 1.34. The maximum absolute atomic E-state index is 11.8. The van der Waals surface area contributed by atoms with Crippen molar-refractivity contribution in [2.75, 3.05) is 26.9 Å². The lowest BCUT2D eigenvalue weighted by atomic mass is 9.80. The minimum atomic E-state index is -0.993. The Morgan fingerprint density at radius 1 is 1.16 bits per heavy atom. The molecule has 0 radical (unpaired) electrons. The standard InChI is InChI=1S/C27H46O10/c1-15(11-27(8-7-23(31)33-6)34-13-26(4,5)14-35-27)16(2)18(29)9-20-24(32)17(3)25-21(36-20)10-19(30)22(12-28)37-25/h15,17-22,24-25,28-30,32H,2,7-14H2,1,3-6H3/t15-,17-,18-,19-,20?,21+,22-,24-,25+/m1/s1. The molecule has 4 N–H and O–H groups in total. The van der Waals surface area contributed by atoms with Crippen LogP contribution in [0.4, 0.5) is 0 Å². The number of carbonyl (C=O) groups is 1. The van der Waals surface area contributed by atoms with E-state index in [-0.39, 0.29) is 49.1 Å². The number of rotatable bonds is 10. The second kappa shape index (κ2) is 12.4. The van der Waals surface area contributed by atoms with Gasteiger partial charge in [-0.15, -0.1) is 0 Å². The van der Waals surface area contributed by atoms with Crippen molar-refractivity contribution in [1.29, 1.82) is 0 Å². The van der Waals surface area contributed by atoms with E-state index >= 15 is 0 Å². The van der Waals surface area contributed by atoms with E-state index in [0.717, 1.165) is 0 Å². The molecule has 10 nitrogen and oxygen atoms in total. The van der Waals surface area contributed by atoms with Gasteiger partial charge in [-0.3, -0.25) is 4.79 Å². The predicted molar refractivity (Wildman–Crippen MR) is 133 cm³/mol. The molecule has 9 atom stereocenters. The molecule has 0 aromatic carbocycles. The Bertz CT molecular complexity index is 775. The summed E-state index contributed by atoms with van der Waals surface area (Å²) in [6, 6.07) is 0. The Kier molecular flexibility index (Phi) is 10.2. The molecule has 0 saturated carbocycles. The average Bonchev–Trinajstić information content (AvgIpc) is 2.86. The van der Waals surface area contributed by atoms with Gasteiger partial charge in [0.05, 0.1) is 70.0 Å². The largest absolute Gasteiger partial charge is 0.469 e. The molecular weight excluding hydrogens is 484 g/mol. The topological polar surface area (TPSA) is 144 Å². The zero-order valence-electron chi connectivity index (χ0n) is 22.8. The van der Waals surface area contributed by atoms with Crippen LogP contribution in [0.25, 0.3) is 0 Å². The zero-order chi connectivity index (χ0) is 27.5. The molecule has 0 spiro atoms. The minimum Gasteiger partial charge on any atom is -0.469 e. The monoisotopic (exact) mass is 530 g/mol. The summed E-state index contributed by atoms with van der Waals surface area (Å²) in [5.41, 5.74) is 0.408. The van der Waals surface area contributed by atoms with E-state index in [1.807, 2.05) is 27.7 Å². The first-order valence-corrected chi connectivity index (χ1v) is 13.3. The highest BCUT2D eigenvalue weighted by molar-refractivity contribution is 5.69. The number of carbonyl (C=O) groups excluding carboxylic acids is 1. The van der Waals surface area contributed by atoms with Gasteiger partial charge in [-0.2, -0.15) is 0 Å². The van der Waals surface area contributed by atoms with Crippen molar-refractivity contribution >= 4 is 5.97 Å². The SMILES string of the molecule is C=C([C@H](C)CC1(CCC(=O)OC)OCC(C)(C)CO1)[C@H](O)CC1O[C@H]2C[C@@H](O)[C@@H](CO)O[C@H]2[C@H](C)[C@H]1O. The van der Waals surface area contributed by atoms with E-state index in [0.29, 0.717) is 31.6 Å². The van der Waals surface area contributed by atoms with Gasteiger partial charge in [-0.05, 0) is 11.5 Å². The molecule has 10 heteroatoms. The number of hydrogen-bond acceptors (Lipinski definition) is 10. The number of ether oxygens (including phenoxy) is 5. The highest BCUT2D eigenvalue weighted by Gasteiger charge is 2.49. The second-order valence-electron chi connectivity index (χ2n) is 11.8. The minimum absolute atomic E-state index is 0.126. The summed E-state index contributed by atoms with van der Waals surface area (Å²) in [6.07, 6.45) is -3.73. The van der Waals surface area contributed by atoms with Gasteiger partial charge in [0, 0.05) is 37.0 Å². The first-order valence-electron chi connectivity index (χ1n) is 13.3. The van der Waals surface area contributed by atoms with Gasteiger partial charge in [0.1, 0.15) is 6.10 Å². The van der Waals surface area contributed by atoms with Gasteiger partial charge >= 0.3 is 5.97 Å². The Morgan fingerprint density at radius 2 is 1.81 bits per heavy atom. The van der Waals surface area contributed by atoms with Crippen molar-refractivity contribution in [3.63, 3.8) is 0 Å². The van der Waals surface area contributed by atoms with Crippen LogP contribution in [0, 0.1) is 17.3 Å². The molecule has 0 bridgehead atoms. The number of methoxy groups -OCH3 is 1. The third-order valence-corrected chi connectivity index (χ3v) is 8.09. The zero-order valence-corrected chi connectivity index (χ0v) is 22.8. The van der Waals surface area contributed by atoms with E-state index in [1.165, 1.54) is 7.11 Å². The number of fused-ring (bicyclic) bond motifs is 1. The molecule has 3 aliphatic rings. The highest BCUT2D eigenvalue weighted by Crippen LogP contribution is 2.40. The van der Waals surface area contributed by atoms with Crippen molar-refractivity contribution in [1.82, 2.24) is 0 Å². The molecule has 3 heterocycles. The van der Waals surface area contributed by atoms with Gasteiger partial charge in [0.25, 0.3) is 0 Å². The van der Waals surface area contributed by atoms with Crippen LogP contribution in [0.15, 0.2) is 12.2 Å². The number of aliphatic hydroxyl groups is 4. The smallest absolute Gasteiger partial charge is 0.305 e. The fourth-order valence-corrected chi connectivity index (χ4v) is 5.49. The van der Waals surface area contributed by atoms with Crippen LogP contribution >= 0.6 is 0 Å². The van der Waals surface area contributed by atoms with Crippen LogP contribution in [0.1, 0.15) is 59.8 Å². The Hall–Kier alpha value is -1.11. The molecular formula is C27H46O10. The quantitative estimate of drug-likeness (QED) is 0.241. The van der Waals surface area contributed by atoms with Crippen molar-refractivity contribution in [3.8, 4) is 0 Å². The van der Waals surface area contributed by atoms with Crippen molar-refractivity contribution in [2.24, 2.45) is 17.3 Å². The Morgan fingerprint density at radius 3 is 2.41 bits per heavy atom. The van der Waals surface area contributed by atoms with Crippen LogP contribution in [0.3, 0.4) is 0 Å². The molecule has 0 aromatic heterocycles. The summed E-state index contributed by atoms with van der Waals surface area (Å²) in [4.78, 5) is 11.8. The van der Waals surface area contributed by atoms with E-state index < -0.39 is 48.5 Å². The molecule has 0 amide bonds. The lowest BCUT2D eigenvalue weighted by Crippen LogP contribution is -2.60. The average molecular weight is 531 g/mol. The lowest BCUT2D eigenvalue weighted by Gasteiger charge is -2.49. The van der Waals surface area contributed by atoms with E-state index in [1.54, 1.807) is 0 Å². The van der Waals surface area contributed by atoms with E-state index in [4.69, 9.17) is 23.7 Å².